The van der Waals surface area contributed by atoms with Crippen LogP contribution in [0.15, 0.2) is 24.3 Å². The first-order valence-electron chi connectivity index (χ1n) is 7.40. The van der Waals surface area contributed by atoms with Crippen molar-refractivity contribution in [3.05, 3.63) is 29.8 Å². The van der Waals surface area contributed by atoms with Gasteiger partial charge in [-0.3, -0.25) is 4.79 Å². The molecule has 4 nitrogen and oxygen atoms in total. The summed E-state index contributed by atoms with van der Waals surface area (Å²) in [5.41, 5.74) is 0.748. The maximum absolute atomic E-state index is 10.8. The van der Waals surface area contributed by atoms with Crippen LogP contribution in [0.5, 0.6) is 5.75 Å². The third-order valence-corrected chi connectivity index (χ3v) is 3.64. The van der Waals surface area contributed by atoms with Crippen molar-refractivity contribution in [3.8, 4) is 5.75 Å². The molecule has 0 bridgehead atoms. The zero-order chi connectivity index (χ0) is 14.2. The predicted molar refractivity (Wildman–Crippen MR) is 78.2 cm³/mol. The SMILES string of the molecule is O=C(O)Cc1ccccc1OCCCN1CCCCC1. The fourth-order valence-electron chi connectivity index (χ4n) is 2.61. The Balaban J connectivity index is 1.74. The molecule has 1 saturated heterocycles. The quantitative estimate of drug-likeness (QED) is 0.778. The van der Waals surface area contributed by atoms with E-state index >= 15 is 0 Å². The Hall–Kier alpha value is -1.55. The molecule has 0 aliphatic carbocycles. The second-order valence-electron chi connectivity index (χ2n) is 5.28. The van der Waals surface area contributed by atoms with Crippen LogP contribution in [-0.2, 0) is 11.2 Å². The number of ether oxygens (including phenoxy) is 1. The molecule has 20 heavy (non-hydrogen) atoms. The van der Waals surface area contributed by atoms with E-state index < -0.39 is 5.97 Å². The van der Waals surface area contributed by atoms with Crippen molar-refractivity contribution in [1.29, 1.82) is 0 Å². The monoisotopic (exact) mass is 277 g/mol. The molecule has 1 aromatic rings. The zero-order valence-corrected chi connectivity index (χ0v) is 11.9. The number of carboxylic acids is 1. The first kappa shape index (κ1) is 14.9. The second kappa shape index (κ2) is 7.90. The molecule has 0 amide bonds. The Morgan fingerprint density at radius 2 is 1.95 bits per heavy atom. The zero-order valence-electron chi connectivity index (χ0n) is 11.9. The number of piperidine rings is 1. The molecule has 0 spiro atoms. The summed E-state index contributed by atoms with van der Waals surface area (Å²) >= 11 is 0. The summed E-state index contributed by atoms with van der Waals surface area (Å²) in [5.74, 6) is -0.122. The van der Waals surface area contributed by atoms with Crippen LogP contribution in [0.1, 0.15) is 31.2 Å². The molecular formula is C16H23NO3. The summed E-state index contributed by atoms with van der Waals surface area (Å²) in [6, 6.07) is 7.39. The van der Waals surface area contributed by atoms with Gasteiger partial charge in [-0.15, -0.1) is 0 Å². The molecular weight excluding hydrogens is 254 g/mol. The van der Waals surface area contributed by atoms with E-state index in [9.17, 15) is 4.79 Å². The fourth-order valence-corrected chi connectivity index (χ4v) is 2.61. The minimum Gasteiger partial charge on any atom is -0.493 e. The van der Waals surface area contributed by atoms with Crippen molar-refractivity contribution in [2.45, 2.75) is 32.1 Å². The molecule has 0 unspecified atom stereocenters. The Bertz CT molecular complexity index is 427. The average Bonchev–Trinajstić information content (AvgIpc) is 2.46. The highest BCUT2D eigenvalue weighted by Crippen LogP contribution is 2.19. The summed E-state index contributed by atoms with van der Waals surface area (Å²) in [7, 11) is 0. The molecule has 0 saturated carbocycles. The smallest absolute Gasteiger partial charge is 0.307 e. The van der Waals surface area contributed by atoms with Gasteiger partial charge in [0.05, 0.1) is 13.0 Å². The standard InChI is InChI=1S/C16H23NO3/c18-16(19)13-14-7-2-3-8-15(14)20-12-6-11-17-9-4-1-5-10-17/h2-3,7-8H,1,4-6,9-13H2,(H,18,19). The van der Waals surface area contributed by atoms with Gasteiger partial charge in [0.2, 0.25) is 0 Å². The molecule has 0 aromatic heterocycles. The van der Waals surface area contributed by atoms with E-state index in [1.54, 1.807) is 0 Å². The second-order valence-corrected chi connectivity index (χ2v) is 5.28. The summed E-state index contributed by atoms with van der Waals surface area (Å²) < 4.78 is 5.74. The summed E-state index contributed by atoms with van der Waals surface area (Å²) in [6.07, 6.45) is 4.98. The van der Waals surface area contributed by atoms with Gasteiger partial charge in [0, 0.05) is 12.1 Å². The highest BCUT2D eigenvalue weighted by Gasteiger charge is 2.10. The van der Waals surface area contributed by atoms with Gasteiger partial charge < -0.3 is 14.7 Å². The predicted octanol–water partition coefficient (Wildman–Crippen LogP) is 2.57. The third-order valence-electron chi connectivity index (χ3n) is 3.64. The van der Waals surface area contributed by atoms with Gasteiger partial charge in [-0.2, -0.15) is 0 Å². The Morgan fingerprint density at radius 1 is 1.20 bits per heavy atom. The first-order valence-corrected chi connectivity index (χ1v) is 7.40. The van der Waals surface area contributed by atoms with E-state index in [4.69, 9.17) is 9.84 Å². The number of aliphatic carboxylic acids is 1. The maximum Gasteiger partial charge on any atom is 0.307 e. The van der Waals surface area contributed by atoms with E-state index in [1.165, 1.54) is 32.4 Å². The molecule has 1 heterocycles. The number of carboxylic acid groups (broad SMARTS) is 1. The van der Waals surface area contributed by atoms with E-state index in [0.717, 1.165) is 18.5 Å². The number of carbonyl (C=O) groups is 1. The van der Waals surface area contributed by atoms with Gasteiger partial charge in [0.15, 0.2) is 0 Å². The lowest BCUT2D eigenvalue weighted by molar-refractivity contribution is -0.136. The van der Waals surface area contributed by atoms with Crippen LogP contribution in [0.2, 0.25) is 0 Å². The summed E-state index contributed by atoms with van der Waals surface area (Å²) in [5, 5.41) is 8.87. The normalized spacial score (nSPS) is 16.0. The van der Waals surface area contributed by atoms with Crippen LogP contribution < -0.4 is 4.74 Å². The lowest BCUT2D eigenvalue weighted by Gasteiger charge is -2.26. The third kappa shape index (κ3) is 4.85. The molecule has 1 aliphatic rings. The minimum atomic E-state index is -0.825. The topological polar surface area (TPSA) is 49.8 Å². The number of hydrogen-bond acceptors (Lipinski definition) is 3. The largest absolute Gasteiger partial charge is 0.493 e. The Kier molecular flexibility index (Phi) is 5.87. The van der Waals surface area contributed by atoms with Gasteiger partial charge in [-0.05, 0) is 38.4 Å². The molecule has 0 radical (unpaired) electrons. The van der Waals surface area contributed by atoms with Crippen molar-refractivity contribution >= 4 is 5.97 Å². The van der Waals surface area contributed by atoms with Crippen LogP contribution >= 0.6 is 0 Å². The lowest BCUT2D eigenvalue weighted by Crippen LogP contribution is -2.31. The molecule has 1 aliphatic heterocycles. The minimum absolute atomic E-state index is 0.0162. The van der Waals surface area contributed by atoms with Gasteiger partial charge in [0.25, 0.3) is 0 Å². The number of nitrogens with zero attached hydrogens (tertiary/aromatic N) is 1. The van der Waals surface area contributed by atoms with Crippen LogP contribution in [-0.4, -0.2) is 42.2 Å². The number of para-hydroxylation sites is 1. The average molecular weight is 277 g/mol. The Labute approximate surface area is 120 Å². The lowest BCUT2D eigenvalue weighted by atomic mass is 10.1. The van der Waals surface area contributed by atoms with Crippen molar-refractivity contribution in [2.24, 2.45) is 0 Å². The molecule has 0 atom stereocenters. The van der Waals surface area contributed by atoms with Crippen molar-refractivity contribution < 1.29 is 14.6 Å². The number of rotatable bonds is 7. The van der Waals surface area contributed by atoms with Crippen molar-refractivity contribution in [1.82, 2.24) is 4.90 Å². The van der Waals surface area contributed by atoms with Crippen LogP contribution in [0, 0.1) is 0 Å². The van der Waals surface area contributed by atoms with Gasteiger partial charge in [-0.25, -0.2) is 0 Å². The van der Waals surface area contributed by atoms with Gasteiger partial charge >= 0.3 is 5.97 Å². The molecule has 1 aromatic carbocycles. The van der Waals surface area contributed by atoms with E-state index in [-0.39, 0.29) is 6.42 Å². The summed E-state index contributed by atoms with van der Waals surface area (Å²) in [6.45, 7) is 4.12. The molecule has 1 fully saturated rings. The molecule has 4 heteroatoms. The van der Waals surface area contributed by atoms with E-state index in [0.29, 0.717) is 12.4 Å². The fraction of sp³-hybridized carbons (Fsp3) is 0.562. The van der Waals surface area contributed by atoms with Crippen LogP contribution in [0.25, 0.3) is 0 Å². The number of likely N-dealkylation sites (tertiary alicyclic amines) is 1. The number of hydrogen-bond donors (Lipinski definition) is 1. The highest BCUT2D eigenvalue weighted by molar-refractivity contribution is 5.71. The molecule has 110 valence electrons. The highest BCUT2D eigenvalue weighted by atomic mass is 16.5. The molecule has 2 rings (SSSR count). The van der Waals surface area contributed by atoms with Crippen LogP contribution in [0.3, 0.4) is 0 Å². The van der Waals surface area contributed by atoms with Crippen molar-refractivity contribution in [2.75, 3.05) is 26.2 Å². The molecule has 1 N–H and O–H groups in total. The van der Waals surface area contributed by atoms with Gasteiger partial charge in [0.1, 0.15) is 5.75 Å². The first-order chi connectivity index (χ1) is 9.75. The number of benzene rings is 1. The Morgan fingerprint density at radius 3 is 2.70 bits per heavy atom. The maximum atomic E-state index is 10.8. The van der Waals surface area contributed by atoms with E-state index in [1.807, 2.05) is 24.3 Å². The van der Waals surface area contributed by atoms with Gasteiger partial charge in [-0.1, -0.05) is 24.6 Å². The summed E-state index contributed by atoms with van der Waals surface area (Å²) in [4.78, 5) is 13.3. The van der Waals surface area contributed by atoms with Crippen molar-refractivity contribution in [3.63, 3.8) is 0 Å². The van der Waals surface area contributed by atoms with E-state index in [2.05, 4.69) is 4.90 Å². The van der Waals surface area contributed by atoms with Crippen LogP contribution in [0.4, 0.5) is 0 Å².